The number of hydrogen-bond acceptors (Lipinski definition) is 2. The molecule has 96 valence electrons. The summed E-state index contributed by atoms with van der Waals surface area (Å²) < 4.78 is 0. The molecule has 2 aromatic rings. The summed E-state index contributed by atoms with van der Waals surface area (Å²) >= 11 is 5.75. The Morgan fingerprint density at radius 1 is 1.39 bits per heavy atom. The normalized spacial score (nSPS) is 8.39. The lowest BCUT2D eigenvalue weighted by molar-refractivity contribution is 0.0691. The molecule has 0 fully saturated rings. The number of halogens is 1. The van der Waals surface area contributed by atoms with Gasteiger partial charge in [0.05, 0.1) is 6.07 Å². The Morgan fingerprint density at radius 3 is 2.44 bits per heavy atom. The van der Waals surface area contributed by atoms with Crippen molar-refractivity contribution in [3.8, 4) is 6.07 Å². The number of nitrogens with zero attached hydrogens (tertiary/aromatic N) is 1. The first-order valence-electron chi connectivity index (χ1n) is 5.41. The average molecular weight is 267 g/mol. The third-order valence-electron chi connectivity index (χ3n) is 1.81. The maximum atomic E-state index is 10.6. The zero-order valence-electron chi connectivity index (χ0n) is 10.5. The van der Waals surface area contributed by atoms with Crippen molar-refractivity contribution in [2.75, 3.05) is 0 Å². The number of carboxylic acid groups (broad SMARTS) is 1. The number of aromatic nitrogens is 1. The van der Waals surface area contributed by atoms with E-state index in [1.807, 2.05) is 13.8 Å². The van der Waals surface area contributed by atoms with Gasteiger partial charge in [0.25, 0.3) is 0 Å². The van der Waals surface area contributed by atoms with Gasteiger partial charge < -0.3 is 10.1 Å². The molecule has 18 heavy (non-hydrogen) atoms. The highest BCUT2D eigenvalue weighted by molar-refractivity contribution is 6.31. The molecule has 1 aromatic carbocycles. The zero-order chi connectivity index (χ0) is 14.1. The first kappa shape index (κ1) is 16.0. The Labute approximate surface area is 111 Å². The van der Waals surface area contributed by atoms with Crippen molar-refractivity contribution in [3.63, 3.8) is 0 Å². The Hall–Kier alpha value is -1.99. The fraction of sp³-hybridized carbons (Fsp3) is 0.231. The minimum Gasteiger partial charge on any atom is -0.477 e. The van der Waals surface area contributed by atoms with Crippen molar-refractivity contribution in [1.82, 2.24) is 4.98 Å². The number of rotatable bonds is 1. The van der Waals surface area contributed by atoms with Crippen LogP contribution in [0.2, 0.25) is 5.02 Å². The predicted molar refractivity (Wildman–Crippen MR) is 72.9 cm³/mol. The molecule has 2 rings (SSSR count). The standard InChI is InChI=1S/C9H6ClNO2.C2H3N.C2H6/c10-6-1-2-7-5(3-6)4-8(11-7)9(12)13;1-2-3;1-2/h1-4,11H,(H,12,13);1H3;1-2H3. The highest BCUT2D eigenvalue weighted by Gasteiger charge is 2.06. The second-order valence-electron chi connectivity index (χ2n) is 2.94. The minimum atomic E-state index is -0.965. The number of nitrogens with one attached hydrogen (secondary N) is 1. The van der Waals surface area contributed by atoms with Gasteiger partial charge in [-0.15, -0.1) is 0 Å². The quantitative estimate of drug-likeness (QED) is 0.816. The number of aromatic amines is 1. The summed E-state index contributed by atoms with van der Waals surface area (Å²) in [5.74, 6) is -0.965. The molecule has 0 aliphatic rings. The lowest BCUT2D eigenvalue weighted by Crippen LogP contribution is -1.94. The molecule has 0 atom stereocenters. The Bertz CT molecular complexity index is 556. The van der Waals surface area contributed by atoms with Gasteiger partial charge in [0.2, 0.25) is 0 Å². The molecule has 0 aliphatic carbocycles. The number of carbonyl (C=O) groups is 1. The lowest BCUT2D eigenvalue weighted by atomic mass is 10.2. The summed E-state index contributed by atoms with van der Waals surface area (Å²) in [6.07, 6.45) is 0. The second kappa shape index (κ2) is 8.15. The molecule has 0 saturated carbocycles. The van der Waals surface area contributed by atoms with E-state index < -0.39 is 5.97 Å². The van der Waals surface area contributed by atoms with Crippen LogP contribution >= 0.6 is 11.6 Å². The van der Waals surface area contributed by atoms with E-state index in [1.54, 1.807) is 30.3 Å². The van der Waals surface area contributed by atoms with Crippen LogP contribution in [-0.2, 0) is 0 Å². The van der Waals surface area contributed by atoms with Gasteiger partial charge >= 0.3 is 5.97 Å². The van der Waals surface area contributed by atoms with E-state index in [1.165, 1.54) is 6.92 Å². The van der Waals surface area contributed by atoms with Crippen molar-refractivity contribution in [2.45, 2.75) is 20.8 Å². The van der Waals surface area contributed by atoms with Crippen molar-refractivity contribution < 1.29 is 9.90 Å². The van der Waals surface area contributed by atoms with Crippen LogP contribution in [0.15, 0.2) is 24.3 Å². The molecule has 1 heterocycles. The van der Waals surface area contributed by atoms with E-state index in [0.717, 1.165) is 10.9 Å². The molecule has 0 saturated heterocycles. The number of fused-ring (bicyclic) bond motifs is 1. The van der Waals surface area contributed by atoms with Gasteiger partial charge in [-0.2, -0.15) is 5.26 Å². The number of aromatic carboxylic acids is 1. The molecule has 0 aliphatic heterocycles. The van der Waals surface area contributed by atoms with Gasteiger partial charge in [0, 0.05) is 22.8 Å². The molecule has 0 radical (unpaired) electrons. The SMILES string of the molecule is CC.CC#N.O=C(O)c1cc2cc(Cl)ccc2[nH]1. The zero-order valence-corrected chi connectivity index (χ0v) is 11.2. The fourth-order valence-electron chi connectivity index (χ4n) is 1.22. The lowest BCUT2D eigenvalue weighted by Gasteiger charge is -1.88. The number of nitriles is 1. The van der Waals surface area contributed by atoms with E-state index in [9.17, 15) is 4.79 Å². The highest BCUT2D eigenvalue weighted by atomic mass is 35.5. The van der Waals surface area contributed by atoms with E-state index >= 15 is 0 Å². The van der Waals surface area contributed by atoms with E-state index in [-0.39, 0.29) is 5.69 Å². The molecule has 4 nitrogen and oxygen atoms in total. The monoisotopic (exact) mass is 266 g/mol. The number of H-pyrrole nitrogens is 1. The van der Waals surface area contributed by atoms with Crippen LogP contribution in [0.5, 0.6) is 0 Å². The second-order valence-corrected chi connectivity index (χ2v) is 3.38. The molecule has 1 aromatic heterocycles. The van der Waals surface area contributed by atoms with E-state index in [0.29, 0.717) is 5.02 Å². The molecule has 5 heteroatoms. The third kappa shape index (κ3) is 4.48. The summed E-state index contributed by atoms with van der Waals surface area (Å²) in [5.41, 5.74) is 0.957. The number of benzene rings is 1. The maximum absolute atomic E-state index is 10.6. The van der Waals surface area contributed by atoms with E-state index in [2.05, 4.69) is 4.98 Å². The summed E-state index contributed by atoms with van der Waals surface area (Å²) in [6, 6.07) is 8.50. The summed E-state index contributed by atoms with van der Waals surface area (Å²) in [5, 5.41) is 17.4. The largest absolute Gasteiger partial charge is 0.477 e. The van der Waals surface area contributed by atoms with Crippen LogP contribution in [0.25, 0.3) is 10.9 Å². The third-order valence-corrected chi connectivity index (χ3v) is 2.05. The summed E-state index contributed by atoms with van der Waals surface area (Å²) in [6.45, 7) is 5.43. The Morgan fingerprint density at radius 2 is 1.94 bits per heavy atom. The van der Waals surface area contributed by atoms with Gasteiger partial charge in [-0.05, 0) is 24.3 Å². The summed E-state index contributed by atoms with van der Waals surface area (Å²) in [7, 11) is 0. The van der Waals surface area contributed by atoms with Crippen LogP contribution in [0.1, 0.15) is 31.3 Å². The Kier molecular flexibility index (Phi) is 7.25. The smallest absolute Gasteiger partial charge is 0.352 e. The van der Waals surface area contributed by atoms with E-state index in [4.69, 9.17) is 22.0 Å². The van der Waals surface area contributed by atoms with Gasteiger partial charge in [-0.1, -0.05) is 25.4 Å². The van der Waals surface area contributed by atoms with Crippen LogP contribution in [-0.4, -0.2) is 16.1 Å². The van der Waals surface area contributed by atoms with Crippen LogP contribution < -0.4 is 0 Å². The molecule has 2 N–H and O–H groups in total. The van der Waals surface area contributed by atoms with Crippen molar-refractivity contribution in [2.24, 2.45) is 0 Å². The van der Waals surface area contributed by atoms with Gasteiger partial charge in [-0.3, -0.25) is 0 Å². The van der Waals surface area contributed by atoms with Crippen LogP contribution in [0.3, 0.4) is 0 Å². The fourth-order valence-corrected chi connectivity index (χ4v) is 1.40. The maximum Gasteiger partial charge on any atom is 0.352 e. The number of carboxylic acids is 1. The Balaban J connectivity index is 0.000000509. The predicted octanol–water partition coefficient (Wildman–Crippen LogP) is 4.08. The summed E-state index contributed by atoms with van der Waals surface area (Å²) in [4.78, 5) is 13.4. The topological polar surface area (TPSA) is 76.9 Å². The number of hydrogen-bond donors (Lipinski definition) is 2. The van der Waals surface area contributed by atoms with Crippen molar-refractivity contribution >= 4 is 28.5 Å². The van der Waals surface area contributed by atoms with Gasteiger partial charge in [0.1, 0.15) is 5.69 Å². The average Bonchev–Trinajstić information content (AvgIpc) is 2.75. The first-order valence-corrected chi connectivity index (χ1v) is 5.78. The molecule has 0 spiro atoms. The molecule has 0 unspecified atom stereocenters. The van der Waals surface area contributed by atoms with Gasteiger partial charge in [0.15, 0.2) is 0 Å². The molecule has 0 bridgehead atoms. The minimum absolute atomic E-state index is 0.178. The van der Waals surface area contributed by atoms with Crippen LogP contribution in [0, 0.1) is 11.3 Å². The molecule has 0 amide bonds. The van der Waals surface area contributed by atoms with Crippen molar-refractivity contribution in [1.29, 1.82) is 5.26 Å². The molecular formula is C13H15ClN2O2. The highest BCUT2D eigenvalue weighted by Crippen LogP contribution is 2.19. The van der Waals surface area contributed by atoms with Crippen molar-refractivity contribution in [3.05, 3.63) is 35.0 Å². The van der Waals surface area contributed by atoms with Crippen LogP contribution in [0.4, 0.5) is 0 Å². The van der Waals surface area contributed by atoms with Gasteiger partial charge in [-0.25, -0.2) is 4.79 Å². The first-order chi connectivity index (χ1) is 8.58. The molecular weight excluding hydrogens is 252 g/mol.